The Kier molecular flexibility index (Phi) is 7.11. The fourth-order valence-electron chi connectivity index (χ4n) is 1.67. The SMILES string of the molecule is COC(=O)c1ccc(CNC(CCSC)C(=O)O)cc1. The van der Waals surface area contributed by atoms with Crippen molar-refractivity contribution in [3.63, 3.8) is 0 Å². The molecule has 0 aliphatic carbocycles. The van der Waals surface area contributed by atoms with E-state index in [-0.39, 0.29) is 5.97 Å². The Balaban J connectivity index is 2.55. The summed E-state index contributed by atoms with van der Waals surface area (Å²) in [5.41, 5.74) is 1.40. The highest BCUT2D eigenvalue weighted by Gasteiger charge is 2.15. The van der Waals surface area contributed by atoms with Crippen molar-refractivity contribution in [1.82, 2.24) is 5.32 Å². The van der Waals surface area contributed by atoms with E-state index in [0.717, 1.165) is 11.3 Å². The number of ether oxygens (including phenoxy) is 1. The Morgan fingerprint density at radius 3 is 2.50 bits per heavy atom. The molecule has 1 atom stereocenters. The number of rotatable bonds is 8. The molecule has 0 amide bonds. The highest BCUT2D eigenvalue weighted by atomic mass is 32.2. The highest BCUT2D eigenvalue weighted by molar-refractivity contribution is 7.98. The van der Waals surface area contributed by atoms with Gasteiger partial charge in [0.2, 0.25) is 0 Å². The standard InChI is InChI=1S/C14H19NO4S/c1-19-14(18)11-5-3-10(4-6-11)9-15-12(13(16)17)7-8-20-2/h3-6,12,15H,7-9H2,1-2H3,(H,16,17). The van der Waals surface area contributed by atoms with Gasteiger partial charge in [-0.05, 0) is 36.1 Å². The monoisotopic (exact) mass is 297 g/mol. The van der Waals surface area contributed by atoms with Crippen molar-refractivity contribution in [2.75, 3.05) is 19.1 Å². The molecule has 0 fully saturated rings. The molecule has 0 aromatic heterocycles. The number of hydrogen-bond acceptors (Lipinski definition) is 5. The molecule has 0 saturated heterocycles. The summed E-state index contributed by atoms with van der Waals surface area (Å²) < 4.78 is 4.62. The van der Waals surface area contributed by atoms with Crippen LogP contribution in [-0.4, -0.2) is 42.2 Å². The van der Waals surface area contributed by atoms with Gasteiger partial charge in [-0.25, -0.2) is 4.79 Å². The zero-order chi connectivity index (χ0) is 15.0. The van der Waals surface area contributed by atoms with E-state index >= 15 is 0 Å². The van der Waals surface area contributed by atoms with Crippen LogP contribution in [-0.2, 0) is 16.1 Å². The number of carbonyl (C=O) groups excluding carboxylic acids is 1. The molecule has 0 heterocycles. The Bertz CT molecular complexity index is 447. The van der Waals surface area contributed by atoms with Gasteiger partial charge in [0.15, 0.2) is 0 Å². The second-order valence-corrected chi connectivity index (χ2v) is 5.23. The fourth-order valence-corrected chi connectivity index (χ4v) is 2.14. The second kappa shape index (κ2) is 8.60. The minimum absolute atomic E-state index is 0.382. The summed E-state index contributed by atoms with van der Waals surface area (Å²) in [6, 6.07) is 6.35. The third kappa shape index (κ3) is 5.22. The first-order valence-electron chi connectivity index (χ1n) is 6.21. The molecule has 0 aliphatic heterocycles. The number of carboxylic acids is 1. The average Bonchev–Trinajstić information content (AvgIpc) is 2.46. The van der Waals surface area contributed by atoms with Gasteiger partial charge in [0.05, 0.1) is 12.7 Å². The van der Waals surface area contributed by atoms with Gasteiger partial charge in [-0.2, -0.15) is 11.8 Å². The number of thioether (sulfide) groups is 1. The molecule has 2 N–H and O–H groups in total. The molecule has 0 bridgehead atoms. The molecule has 0 spiro atoms. The number of hydrogen-bond donors (Lipinski definition) is 2. The summed E-state index contributed by atoms with van der Waals surface area (Å²) in [5, 5.41) is 12.1. The van der Waals surface area contributed by atoms with Crippen molar-refractivity contribution in [2.45, 2.75) is 19.0 Å². The maximum atomic E-state index is 11.3. The van der Waals surface area contributed by atoms with Crippen LogP contribution in [0.5, 0.6) is 0 Å². The molecule has 0 saturated carbocycles. The van der Waals surface area contributed by atoms with Crippen molar-refractivity contribution in [3.8, 4) is 0 Å². The summed E-state index contributed by atoms with van der Waals surface area (Å²) in [5.74, 6) is -0.427. The number of benzene rings is 1. The van der Waals surface area contributed by atoms with Crippen molar-refractivity contribution in [3.05, 3.63) is 35.4 Å². The van der Waals surface area contributed by atoms with Crippen LogP contribution in [0.25, 0.3) is 0 Å². The van der Waals surface area contributed by atoms with Gasteiger partial charge in [0, 0.05) is 6.54 Å². The van der Waals surface area contributed by atoms with E-state index in [0.29, 0.717) is 18.5 Å². The van der Waals surface area contributed by atoms with Gasteiger partial charge in [-0.1, -0.05) is 12.1 Å². The van der Waals surface area contributed by atoms with Crippen LogP contribution in [0.1, 0.15) is 22.3 Å². The molecule has 20 heavy (non-hydrogen) atoms. The van der Waals surface area contributed by atoms with Crippen LogP contribution in [0.4, 0.5) is 0 Å². The molecule has 110 valence electrons. The predicted molar refractivity (Wildman–Crippen MR) is 79.0 cm³/mol. The molecular formula is C14H19NO4S. The van der Waals surface area contributed by atoms with E-state index in [4.69, 9.17) is 5.11 Å². The summed E-state index contributed by atoms with van der Waals surface area (Å²) in [6.07, 6.45) is 2.53. The molecule has 0 aliphatic rings. The fraction of sp³-hybridized carbons (Fsp3) is 0.429. The second-order valence-electron chi connectivity index (χ2n) is 4.24. The Labute approximate surface area is 122 Å². The van der Waals surface area contributed by atoms with Gasteiger partial charge in [0.25, 0.3) is 0 Å². The van der Waals surface area contributed by atoms with Gasteiger partial charge < -0.3 is 15.2 Å². The van der Waals surface area contributed by atoms with Crippen LogP contribution in [0, 0.1) is 0 Å². The first kappa shape index (κ1) is 16.5. The van der Waals surface area contributed by atoms with Crippen LogP contribution in [0.3, 0.4) is 0 Å². The lowest BCUT2D eigenvalue weighted by atomic mass is 10.1. The molecule has 1 aromatic rings. The maximum absolute atomic E-state index is 11.3. The largest absolute Gasteiger partial charge is 0.480 e. The van der Waals surface area contributed by atoms with E-state index < -0.39 is 12.0 Å². The lowest BCUT2D eigenvalue weighted by molar-refractivity contribution is -0.139. The molecule has 1 unspecified atom stereocenters. The van der Waals surface area contributed by atoms with Crippen LogP contribution in [0.2, 0.25) is 0 Å². The highest BCUT2D eigenvalue weighted by Crippen LogP contribution is 2.07. The Morgan fingerprint density at radius 2 is 2.00 bits per heavy atom. The van der Waals surface area contributed by atoms with E-state index in [9.17, 15) is 9.59 Å². The van der Waals surface area contributed by atoms with E-state index in [1.807, 2.05) is 6.26 Å². The quantitative estimate of drug-likeness (QED) is 0.712. The number of methoxy groups -OCH3 is 1. The minimum atomic E-state index is -0.842. The molecular weight excluding hydrogens is 278 g/mol. The van der Waals surface area contributed by atoms with Crippen LogP contribution in [0.15, 0.2) is 24.3 Å². The minimum Gasteiger partial charge on any atom is -0.480 e. The molecule has 1 rings (SSSR count). The number of carbonyl (C=O) groups is 2. The average molecular weight is 297 g/mol. The smallest absolute Gasteiger partial charge is 0.337 e. The van der Waals surface area contributed by atoms with Gasteiger partial charge in [-0.3, -0.25) is 4.79 Å². The summed E-state index contributed by atoms with van der Waals surface area (Å²) in [7, 11) is 1.33. The molecule has 1 aromatic carbocycles. The van der Waals surface area contributed by atoms with Crippen molar-refractivity contribution in [1.29, 1.82) is 0 Å². The summed E-state index contributed by atoms with van der Waals surface area (Å²) in [6.45, 7) is 0.451. The first-order chi connectivity index (χ1) is 9.58. The van der Waals surface area contributed by atoms with Gasteiger partial charge in [-0.15, -0.1) is 0 Å². The Hall–Kier alpha value is -1.53. The van der Waals surface area contributed by atoms with Gasteiger partial charge >= 0.3 is 11.9 Å². The number of nitrogens with one attached hydrogen (secondary N) is 1. The molecule has 5 nitrogen and oxygen atoms in total. The molecule has 6 heteroatoms. The summed E-state index contributed by atoms with van der Waals surface area (Å²) in [4.78, 5) is 22.4. The first-order valence-corrected chi connectivity index (χ1v) is 7.60. The zero-order valence-electron chi connectivity index (χ0n) is 11.6. The van der Waals surface area contributed by atoms with Crippen LogP contribution >= 0.6 is 11.8 Å². The van der Waals surface area contributed by atoms with E-state index in [1.165, 1.54) is 7.11 Å². The zero-order valence-corrected chi connectivity index (χ0v) is 12.4. The lowest BCUT2D eigenvalue weighted by Gasteiger charge is -2.14. The Morgan fingerprint density at radius 1 is 1.35 bits per heavy atom. The predicted octanol–water partition coefficient (Wildman–Crippen LogP) is 1.77. The summed E-state index contributed by atoms with van der Waals surface area (Å²) >= 11 is 1.62. The molecule has 0 radical (unpaired) electrons. The topological polar surface area (TPSA) is 75.6 Å². The number of aliphatic carboxylic acids is 1. The van der Waals surface area contributed by atoms with Gasteiger partial charge in [0.1, 0.15) is 6.04 Å². The third-order valence-corrected chi connectivity index (χ3v) is 3.48. The van der Waals surface area contributed by atoms with Crippen molar-refractivity contribution < 1.29 is 19.4 Å². The maximum Gasteiger partial charge on any atom is 0.337 e. The van der Waals surface area contributed by atoms with E-state index in [2.05, 4.69) is 10.1 Å². The van der Waals surface area contributed by atoms with Crippen molar-refractivity contribution in [2.24, 2.45) is 0 Å². The lowest BCUT2D eigenvalue weighted by Crippen LogP contribution is -2.36. The number of esters is 1. The normalized spacial score (nSPS) is 11.9. The van der Waals surface area contributed by atoms with Crippen LogP contribution < -0.4 is 5.32 Å². The number of carboxylic acid groups (broad SMARTS) is 1. The van der Waals surface area contributed by atoms with Crippen molar-refractivity contribution >= 4 is 23.7 Å². The third-order valence-electron chi connectivity index (χ3n) is 2.84. The van der Waals surface area contributed by atoms with E-state index in [1.54, 1.807) is 36.0 Å².